The number of rotatable bonds is 4. The number of hydrogen-bond acceptors (Lipinski definition) is 5. The number of halogens is 2. The number of carbonyl (C=O) groups is 1. The van der Waals surface area contributed by atoms with E-state index in [0.29, 0.717) is 26.3 Å². The van der Waals surface area contributed by atoms with E-state index >= 15 is 0 Å². The molecule has 26 heavy (non-hydrogen) atoms. The first kappa shape index (κ1) is 18.5. The van der Waals surface area contributed by atoms with E-state index in [1.165, 1.54) is 6.92 Å². The Balaban J connectivity index is 1.92. The van der Waals surface area contributed by atoms with Gasteiger partial charge in [0, 0.05) is 18.5 Å². The second kappa shape index (κ2) is 7.97. The monoisotopic (exact) mass is 476 g/mol. The number of esters is 1. The molecule has 7 heteroatoms. The average Bonchev–Trinajstić information content (AvgIpc) is 2.62. The Morgan fingerprint density at radius 2 is 1.88 bits per heavy atom. The summed E-state index contributed by atoms with van der Waals surface area (Å²) in [5, 5.41) is 0.915. The van der Waals surface area contributed by atoms with Crippen LogP contribution in [0.1, 0.15) is 18.3 Å². The van der Waals surface area contributed by atoms with Crippen molar-refractivity contribution in [1.82, 2.24) is 9.97 Å². The van der Waals surface area contributed by atoms with Gasteiger partial charge < -0.3 is 9.47 Å². The van der Waals surface area contributed by atoms with Crippen LogP contribution in [-0.2, 0) is 4.79 Å². The number of methoxy groups -OCH3 is 1. The molecule has 0 amide bonds. The van der Waals surface area contributed by atoms with Gasteiger partial charge in [-0.15, -0.1) is 0 Å². The summed E-state index contributed by atoms with van der Waals surface area (Å²) in [7, 11) is 1.62. The van der Waals surface area contributed by atoms with E-state index in [-0.39, 0.29) is 5.97 Å². The minimum Gasteiger partial charge on any atom is -0.494 e. The molecule has 0 bridgehead atoms. The smallest absolute Gasteiger partial charge is 0.308 e. The van der Waals surface area contributed by atoms with E-state index in [0.717, 1.165) is 16.5 Å². The number of nitrogens with zero attached hydrogens (tertiary/aromatic N) is 2. The molecule has 2 aromatic carbocycles. The number of hydrogen-bond donors (Lipinski definition) is 0. The summed E-state index contributed by atoms with van der Waals surface area (Å²) in [4.78, 5) is 20.1. The maximum absolute atomic E-state index is 11.2. The fourth-order valence-corrected chi connectivity index (χ4v) is 3.76. The summed E-state index contributed by atoms with van der Waals surface area (Å²) in [6.45, 7) is 1.36. The van der Waals surface area contributed by atoms with Gasteiger partial charge in [0.05, 0.1) is 16.1 Å². The topological polar surface area (TPSA) is 61.3 Å². The van der Waals surface area contributed by atoms with E-state index in [9.17, 15) is 4.79 Å². The van der Waals surface area contributed by atoms with Gasteiger partial charge in [-0.05, 0) is 61.7 Å². The third-order valence-electron chi connectivity index (χ3n) is 3.50. The standard InChI is InChI=1S/C19H14Br2N2O3/c1-11(24)26-19-14(20)8-12(9-15(19)21)6-7-17-22-10-13-4-3-5-16(25-2)18(13)23-17/h3-10H,1-2H3/b7-6+. The van der Waals surface area contributed by atoms with Crippen LogP contribution in [0, 0.1) is 0 Å². The van der Waals surface area contributed by atoms with Crippen molar-refractivity contribution >= 4 is 60.9 Å². The molecule has 5 nitrogen and oxygen atoms in total. The molecule has 3 rings (SSSR count). The van der Waals surface area contributed by atoms with Crippen LogP contribution < -0.4 is 9.47 Å². The molecule has 132 valence electrons. The molecule has 3 aromatic rings. The average molecular weight is 478 g/mol. The lowest BCUT2D eigenvalue weighted by Crippen LogP contribution is -2.02. The molecule has 0 saturated carbocycles. The van der Waals surface area contributed by atoms with E-state index in [1.54, 1.807) is 13.3 Å². The zero-order valence-electron chi connectivity index (χ0n) is 14.0. The fourth-order valence-electron chi connectivity index (χ4n) is 2.37. The molecule has 0 N–H and O–H groups in total. The van der Waals surface area contributed by atoms with Crippen molar-refractivity contribution in [2.45, 2.75) is 6.92 Å². The van der Waals surface area contributed by atoms with Crippen LogP contribution in [0.25, 0.3) is 23.1 Å². The van der Waals surface area contributed by atoms with Gasteiger partial charge >= 0.3 is 5.97 Å². The first-order chi connectivity index (χ1) is 12.5. The number of fused-ring (bicyclic) bond motifs is 1. The van der Waals surface area contributed by atoms with Crippen LogP contribution in [0.5, 0.6) is 11.5 Å². The fraction of sp³-hybridized carbons (Fsp3) is 0.105. The molecule has 0 aliphatic heterocycles. The highest BCUT2D eigenvalue weighted by Gasteiger charge is 2.10. The molecular formula is C19H14Br2N2O3. The lowest BCUT2D eigenvalue weighted by Gasteiger charge is -2.08. The van der Waals surface area contributed by atoms with Gasteiger partial charge in [-0.1, -0.05) is 18.2 Å². The largest absolute Gasteiger partial charge is 0.494 e. The van der Waals surface area contributed by atoms with Crippen LogP contribution in [0.4, 0.5) is 0 Å². The Bertz CT molecular complexity index is 996. The normalized spacial score (nSPS) is 11.1. The second-order valence-corrected chi connectivity index (χ2v) is 7.08. The third-order valence-corrected chi connectivity index (χ3v) is 4.68. The molecule has 1 heterocycles. The summed E-state index contributed by atoms with van der Waals surface area (Å²) in [5.74, 6) is 1.34. The van der Waals surface area contributed by atoms with Gasteiger partial charge in [0.2, 0.25) is 0 Å². The summed E-state index contributed by atoms with van der Waals surface area (Å²) in [5.41, 5.74) is 1.65. The number of para-hydroxylation sites is 1. The van der Waals surface area contributed by atoms with Gasteiger partial charge in [-0.25, -0.2) is 9.97 Å². The van der Waals surface area contributed by atoms with Crippen LogP contribution in [0.15, 0.2) is 45.5 Å². The molecule has 0 atom stereocenters. The number of benzene rings is 2. The predicted molar refractivity (Wildman–Crippen MR) is 108 cm³/mol. The van der Waals surface area contributed by atoms with Crippen LogP contribution in [0.2, 0.25) is 0 Å². The molecule has 1 aromatic heterocycles. The summed E-state index contributed by atoms with van der Waals surface area (Å²) in [6, 6.07) is 9.40. The Morgan fingerprint density at radius 3 is 2.54 bits per heavy atom. The van der Waals surface area contributed by atoms with Crippen LogP contribution in [-0.4, -0.2) is 23.0 Å². The molecule has 0 aliphatic rings. The van der Waals surface area contributed by atoms with Crippen molar-refractivity contribution in [3.63, 3.8) is 0 Å². The quantitative estimate of drug-likeness (QED) is 0.379. The van der Waals surface area contributed by atoms with Crippen LogP contribution in [0.3, 0.4) is 0 Å². The van der Waals surface area contributed by atoms with Gasteiger partial charge in [0.15, 0.2) is 11.6 Å². The van der Waals surface area contributed by atoms with Crippen LogP contribution >= 0.6 is 31.9 Å². The van der Waals surface area contributed by atoms with Crippen molar-refractivity contribution in [3.05, 3.63) is 56.9 Å². The zero-order valence-corrected chi connectivity index (χ0v) is 17.2. The van der Waals surface area contributed by atoms with Crippen molar-refractivity contribution in [2.75, 3.05) is 7.11 Å². The molecule has 0 saturated heterocycles. The van der Waals surface area contributed by atoms with Gasteiger partial charge in [0.25, 0.3) is 0 Å². The van der Waals surface area contributed by atoms with E-state index < -0.39 is 0 Å². The highest BCUT2D eigenvalue weighted by molar-refractivity contribution is 9.11. The van der Waals surface area contributed by atoms with E-state index in [2.05, 4.69) is 41.8 Å². The number of carbonyl (C=O) groups excluding carboxylic acids is 1. The Morgan fingerprint density at radius 1 is 1.15 bits per heavy atom. The number of ether oxygens (including phenoxy) is 2. The number of aromatic nitrogens is 2. The Kier molecular flexibility index (Phi) is 5.68. The third kappa shape index (κ3) is 4.11. The maximum Gasteiger partial charge on any atom is 0.308 e. The minimum atomic E-state index is -0.381. The van der Waals surface area contributed by atoms with Crippen molar-refractivity contribution in [1.29, 1.82) is 0 Å². The lowest BCUT2D eigenvalue weighted by molar-refractivity contribution is -0.131. The van der Waals surface area contributed by atoms with Crippen molar-refractivity contribution < 1.29 is 14.3 Å². The Hall–Kier alpha value is -2.25. The predicted octanol–water partition coefficient (Wildman–Crippen LogP) is 5.26. The van der Waals surface area contributed by atoms with E-state index in [1.807, 2.05) is 42.5 Å². The molecular weight excluding hydrogens is 464 g/mol. The first-order valence-corrected chi connectivity index (χ1v) is 9.22. The molecule has 0 spiro atoms. The summed E-state index contributed by atoms with van der Waals surface area (Å²) < 4.78 is 11.9. The van der Waals surface area contributed by atoms with Crippen molar-refractivity contribution in [2.24, 2.45) is 0 Å². The highest BCUT2D eigenvalue weighted by atomic mass is 79.9. The second-order valence-electron chi connectivity index (χ2n) is 5.37. The Labute approximate surface area is 167 Å². The highest BCUT2D eigenvalue weighted by Crippen LogP contribution is 2.35. The minimum absolute atomic E-state index is 0.381. The SMILES string of the molecule is COc1cccc2cnc(/C=C/c3cc(Br)c(OC(C)=O)c(Br)c3)nc12. The molecule has 0 unspecified atom stereocenters. The molecule has 0 radical (unpaired) electrons. The van der Waals surface area contributed by atoms with Gasteiger partial charge in [0.1, 0.15) is 11.3 Å². The van der Waals surface area contributed by atoms with Gasteiger partial charge in [-0.2, -0.15) is 0 Å². The summed E-state index contributed by atoms with van der Waals surface area (Å²) >= 11 is 6.83. The first-order valence-electron chi connectivity index (χ1n) is 7.63. The van der Waals surface area contributed by atoms with E-state index in [4.69, 9.17) is 9.47 Å². The summed E-state index contributed by atoms with van der Waals surface area (Å²) in [6.07, 6.45) is 5.45. The zero-order chi connectivity index (χ0) is 18.7. The van der Waals surface area contributed by atoms with Crippen molar-refractivity contribution in [3.8, 4) is 11.5 Å². The lowest BCUT2D eigenvalue weighted by atomic mass is 10.2. The molecule has 0 aliphatic carbocycles. The maximum atomic E-state index is 11.2. The molecule has 0 fully saturated rings. The van der Waals surface area contributed by atoms with Gasteiger partial charge in [-0.3, -0.25) is 4.79 Å².